The summed E-state index contributed by atoms with van der Waals surface area (Å²) >= 11 is 1.54. The number of alkyl halides is 1. The molecule has 1 atom stereocenters. The molecule has 0 aliphatic heterocycles. The second-order valence-electron chi connectivity index (χ2n) is 6.50. The second-order valence-corrected chi connectivity index (χ2v) is 7.54. The Morgan fingerprint density at radius 3 is 2.52 bits per heavy atom. The quantitative estimate of drug-likeness (QED) is 0.424. The number of aliphatic hydroxyl groups is 1. The largest absolute Gasteiger partial charge is 0.389 e. The lowest BCUT2D eigenvalue weighted by atomic mass is 10.1. The summed E-state index contributed by atoms with van der Waals surface area (Å²) < 4.78 is 13.4. The Kier molecular flexibility index (Phi) is 5.64. The van der Waals surface area contributed by atoms with Crippen molar-refractivity contribution < 1.29 is 9.50 Å². The van der Waals surface area contributed by atoms with Crippen molar-refractivity contribution in [3.8, 4) is 21.8 Å². The van der Waals surface area contributed by atoms with Gasteiger partial charge in [0.1, 0.15) is 17.5 Å². The summed E-state index contributed by atoms with van der Waals surface area (Å²) in [6.07, 6.45) is 2.63. The van der Waals surface area contributed by atoms with E-state index in [1.54, 1.807) is 11.3 Å². The van der Waals surface area contributed by atoms with Crippen molar-refractivity contribution in [2.75, 3.05) is 30.9 Å². The van der Waals surface area contributed by atoms with Crippen molar-refractivity contribution >= 4 is 33.1 Å². The van der Waals surface area contributed by atoms with E-state index in [9.17, 15) is 9.50 Å². The van der Waals surface area contributed by atoms with Gasteiger partial charge in [-0.1, -0.05) is 6.07 Å². The molecular formula is C21H20FN5OS. The summed E-state index contributed by atoms with van der Waals surface area (Å²) in [6, 6.07) is 13.6. The van der Waals surface area contributed by atoms with Crippen LogP contribution in [0.15, 0.2) is 54.9 Å². The van der Waals surface area contributed by atoms with Crippen LogP contribution in [0.2, 0.25) is 0 Å². The molecule has 4 rings (SSSR count). The predicted molar refractivity (Wildman–Crippen MR) is 116 cm³/mol. The number of thiazole rings is 1. The van der Waals surface area contributed by atoms with Crippen molar-refractivity contribution in [2.45, 2.75) is 6.10 Å². The molecule has 0 bridgehead atoms. The zero-order valence-electron chi connectivity index (χ0n) is 15.8. The summed E-state index contributed by atoms with van der Waals surface area (Å²) in [7, 11) is 1.84. The number of nitrogens with one attached hydrogen (secondary N) is 2. The number of benzene rings is 1. The van der Waals surface area contributed by atoms with Gasteiger partial charge in [-0.25, -0.2) is 14.4 Å². The number of anilines is 2. The Morgan fingerprint density at radius 1 is 1.07 bits per heavy atom. The van der Waals surface area contributed by atoms with E-state index in [-0.39, 0.29) is 6.54 Å². The number of fused-ring (bicyclic) bond motifs is 1. The van der Waals surface area contributed by atoms with Crippen LogP contribution in [0.25, 0.3) is 32.0 Å². The van der Waals surface area contributed by atoms with E-state index in [0.29, 0.717) is 0 Å². The Hall–Kier alpha value is -3.10. The summed E-state index contributed by atoms with van der Waals surface area (Å²) in [4.78, 5) is 13.6. The predicted octanol–water partition coefficient (Wildman–Crippen LogP) is 4.20. The normalized spacial score (nSPS) is 12.1. The van der Waals surface area contributed by atoms with E-state index >= 15 is 0 Å². The van der Waals surface area contributed by atoms with E-state index in [1.807, 2.05) is 61.9 Å². The number of aromatic nitrogens is 3. The molecule has 148 valence electrons. The molecule has 8 heteroatoms. The van der Waals surface area contributed by atoms with Crippen LogP contribution >= 0.6 is 11.3 Å². The minimum Gasteiger partial charge on any atom is -0.389 e. The van der Waals surface area contributed by atoms with Crippen LogP contribution in [0.1, 0.15) is 0 Å². The molecule has 0 radical (unpaired) electrons. The van der Waals surface area contributed by atoms with Crippen LogP contribution in [0.5, 0.6) is 0 Å². The lowest BCUT2D eigenvalue weighted by Crippen LogP contribution is -2.21. The summed E-state index contributed by atoms with van der Waals surface area (Å²) in [5, 5.41) is 16.2. The fourth-order valence-electron chi connectivity index (χ4n) is 2.84. The standard InChI is InChI=1S/C21H20FN5OS/c1-23-20-7-3-14(11-26-20)13-2-5-18(25-10-13)21-27-17-6-4-15(8-19(17)29-21)24-12-16(28)9-22/h2-8,10-11,16,24,28H,9,12H2,1H3,(H,23,26). The van der Waals surface area contributed by atoms with Crippen LogP contribution in [-0.4, -0.2) is 46.4 Å². The third kappa shape index (κ3) is 4.33. The molecule has 29 heavy (non-hydrogen) atoms. The highest BCUT2D eigenvalue weighted by Crippen LogP contribution is 2.31. The third-order valence-corrected chi connectivity index (χ3v) is 5.48. The second kappa shape index (κ2) is 8.50. The van der Waals surface area contributed by atoms with Crippen molar-refractivity contribution in [3.05, 3.63) is 54.9 Å². The Bertz CT molecular complexity index is 1100. The molecule has 0 saturated carbocycles. The van der Waals surface area contributed by atoms with Crippen LogP contribution in [0, 0.1) is 0 Å². The first-order chi connectivity index (χ1) is 14.2. The minimum absolute atomic E-state index is 0.168. The summed E-state index contributed by atoms with van der Waals surface area (Å²) in [5.41, 5.74) is 4.49. The lowest BCUT2D eigenvalue weighted by molar-refractivity contribution is 0.151. The van der Waals surface area contributed by atoms with Gasteiger partial charge < -0.3 is 15.7 Å². The molecule has 1 aromatic carbocycles. The van der Waals surface area contributed by atoms with Gasteiger partial charge in [-0.3, -0.25) is 4.98 Å². The molecule has 0 amide bonds. The van der Waals surface area contributed by atoms with Crippen molar-refractivity contribution in [3.63, 3.8) is 0 Å². The first-order valence-electron chi connectivity index (χ1n) is 9.15. The van der Waals surface area contributed by atoms with Gasteiger partial charge in [0.2, 0.25) is 0 Å². The van der Waals surface area contributed by atoms with Gasteiger partial charge in [0, 0.05) is 42.8 Å². The van der Waals surface area contributed by atoms with Crippen molar-refractivity contribution in [1.29, 1.82) is 0 Å². The molecule has 0 aliphatic carbocycles. The molecule has 0 spiro atoms. The number of aliphatic hydroxyl groups excluding tert-OH is 1. The van der Waals surface area contributed by atoms with Crippen LogP contribution in [0.3, 0.4) is 0 Å². The van der Waals surface area contributed by atoms with Crippen LogP contribution in [-0.2, 0) is 0 Å². The molecule has 0 aliphatic rings. The van der Waals surface area contributed by atoms with Gasteiger partial charge in [-0.15, -0.1) is 11.3 Å². The first kappa shape index (κ1) is 19.2. The molecular weight excluding hydrogens is 389 g/mol. The zero-order chi connectivity index (χ0) is 20.2. The van der Waals surface area contributed by atoms with Gasteiger partial charge in [-0.2, -0.15) is 0 Å². The summed E-state index contributed by atoms with van der Waals surface area (Å²) in [6.45, 7) is -0.599. The fourth-order valence-corrected chi connectivity index (χ4v) is 3.82. The number of halogens is 1. The Balaban J connectivity index is 1.54. The van der Waals surface area contributed by atoms with Gasteiger partial charge in [0.15, 0.2) is 0 Å². The van der Waals surface area contributed by atoms with Gasteiger partial charge >= 0.3 is 0 Å². The summed E-state index contributed by atoms with van der Waals surface area (Å²) in [5.74, 6) is 0.820. The SMILES string of the molecule is CNc1ccc(-c2ccc(-c3nc4ccc(NCC(O)CF)cc4s3)nc2)cn1. The highest BCUT2D eigenvalue weighted by Gasteiger charge is 2.10. The number of pyridine rings is 2. The Labute approximate surface area is 171 Å². The van der Waals surface area contributed by atoms with E-state index in [4.69, 9.17) is 0 Å². The molecule has 3 aromatic heterocycles. The maximum absolute atomic E-state index is 12.4. The first-order valence-corrected chi connectivity index (χ1v) is 9.97. The number of hydrogen-bond donors (Lipinski definition) is 3. The highest BCUT2D eigenvalue weighted by molar-refractivity contribution is 7.21. The average molecular weight is 409 g/mol. The third-order valence-electron chi connectivity index (χ3n) is 4.44. The van der Waals surface area contributed by atoms with E-state index < -0.39 is 12.8 Å². The van der Waals surface area contributed by atoms with Crippen LogP contribution in [0.4, 0.5) is 15.9 Å². The van der Waals surface area contributed by atoms with Crippen molar-refractivity contribution in [2.24, 2.45) is 0 Å². The number of rotatable bonds is 7. The van der Waals surface area contributed by atoms with E-state index in [2.05, 4.69) is 25.6 Å². The molecule has 1 unspecified atom stereocenters. The maximum atomic E-state index is 12.4. The van der Waals surface area contributed by atoms with E-state index in [0.717, 1.165) is 43.6 Å². The molecule has 6 nitrogen and oxygen atoms in total. The number of hydrogen-bond acceptors (Lipinski definition) is 7. The van der Waals surface area contributed by atoms with Gasteiger partial charge in [-0.05, 0) is 36.4 Å². The fraction of sp³-hybridized carbons (Fsp3) is 0.190. The average Bonchev–Trinajstić information content (AvgIpc) is 3.21. The zero-order valence-corrected chi connectivity index (χ0v) is 16.6. The monoisotopic (exact) mass is 409 g/mol. The molecule has 3 heterocycles. The van der Waals surface area contributed by atoms with Crippen LogP contribution < -0.4 is 10.6 Å². The smallest absolute Gasteiger partial charge is 0.143 e. The lowest BCUT2D eigenvalue weighted by Gasteiger charge is -2.09. The van der Waals surface area contributed by atoms with Crippen molar-refractivity contribution in [1.82, 2.24) is 15.0 Å². The molecule has 0 saturated heterocycles. The van der Waals surface area contributed by atoms with E-state index in [1.165, 1.54) is 0 Å². The topological polar surface area (TPSA) is 83.0 Å². The van der Waals surface area contributed by atoms with Gasteiger partial charge in [0.25, 0.3) is 0 Å². The van der Waals surface area contributed by atoms with Gasteiger partial charge in [0.05, 0.1) is 22.0 Å². The molecule has 3 N–H and O–H groups in total. The highest BCUT2D eigenvalue weighted by atomic mass is 32.1. The maximum Gasteiger partial charge on any atom is 0.143 e. The molecule has 4 aromatic rings. The number of nitrogens with zero attached hydrogens (tertiary/aromatic N) is 3. The molecule has 0 fully saturated rings. The Morgan fingerprint density at radius 2 is 1.86 bits per heavy atom. The minimum atomic E-state index is -1.00.